The maximum absolute atomic E-state index is 11.2. The summed E-state index contributed by atoms with van der Waals surface area (Å²) in [7, 11) is 0. The number of amides is 1. The van der Waals surface area contributed by atoms with Crippen molar-refractivity contribution >= 4 is 12.1 Å². The molecule has 0 fully saturated rings. The van der Waals surface area contributed by atoms with E-state index in [2.05, 4.69) is 5.32 Å². The largest absolute Gasteiger partial charge is 0.481 e. The number of carbonyl (C=O) groups excluding carboxylic acids is 1. The molecule has 94 valence electrons. The molecule has 1 atom stereocenters. The first-order chi connectivity index (χ1) is 7.31. The van der Waals surface area contributed by atoms with E-state index in [-0.39, 0.29) is 12.5 Å². The summed E-state index contributed by atoms with van der Waals surface area (Å²) in [6.07, 6.45) is -0.109. The van der Waals surface area contributed by atoms with Crippen LogP contribution in [0.3, 0.4) is 0 Å². The number of alkyl carbamates (subject to hydrolysis) is 1. The molecule has 0 saturated carbocycles. The molecule has 0 aromatic rings. The molecule has 0 aromatic carbocycles. The number of rotatable bonds is 6. The Morgan fingerprint density at radius 1 is 1.44 bits per heavy atom. The lowest BCUT2D eigenvalue weighted by molar-refractivity contribution is -0.147. The molecule has 0 heterocycles. The van der Waals surface area contributed by atoms with Gasteiger partial charge in [-0.1, -0.05) is 20.8 Å². The second kappa shape index (κ2) is 6.35. The molecule has 0 bridgehead atoms. The summed E-state index contributed by atoms with van der Waals surface area (Å²) in [5, 5.41) is 11.4. The normalized spacial score (nSPS) is 14.3. The molecular weight excluding hydrogens is 210 g/mol. The molecular formula is C11H21NO4. The van der Waals surface area contributed by atoms with Gasteiger partial charge in [-0.2, -0.15) is 0 Å². The molecule has 1 unspecified atom stereocenters. The van der Waals surface area contributed by atoms with Gasteiger partial charge < -0.3 is 15.2 Å². The van der Waals surface area contributed by atoms with Crippen LogP contribution in [0.4, 0.5) is 4.79 Å². The topological polar surface area (TPSA) is 75.6 Å². The summed E-state index contributed by atoms with van der Waals surface area (Å²) in [5.74, 6) is -0.651. The number of aliphatic carboxylic acids is 1. The average molecular weight is 231 g/mol. The lowest BCUT2D eigenvalue weighted by Crippen LogP contribution is -2.41. The van der Waals surface area contributed by atoms with E-state index in [9.17, 15) is 9.59 Å². The molecule has 0 aromatic heterocycles. The Hall–Kier alpha value is -1.26. The van der Waals surface area contributed by atoms with E-state index in [1.54, 1.807) is 13.8 Å². The molecule has 2 N–H and O–H groups in total. The van der Waals surface area contributed by atoms with Crippen LogP contribution >= 0.6 is 0 Å². The van der Waals surface area contributed by atoms with E-state index in [1.807, 2.05) is 13.8 Å². The van der Waals surface area contributed by atoms with Crippen molar-refractivity contribution in [2.45, 2.75) is 34.1 Å². The fourth-order valence-electron chi connectivity index (χ4n) is 0.912. The number of carboxylic acids is 1. The van der Waals surface area contributed by atoms with Gasteiger partial charge in [0.2, 0.25) is 0 Å². The summed E-state index contributed by atoms with van der Waals surface area (Å²) in [5.41, 5.74) is -0.934. The van der Waals surface area contributed by atoms with Gasteiger partial charge in [-0.3, -0.25) is 4.79 Å². The molecule has 0 aliphatic carbocycles. The first kappa shape index (κ1) is 14.7. The fraction of sp³-hybridized carbons (Fsp3) is 0.818. The van der Waals surface area contributed by atoms with Crippen LogP contribution in [-0.2, 0) is 9.53 Å². The standard InChI is InChI=1S/C11H21NO4/c1-5-11(4,9(13)14)7-12-10(15)16-6-8(2)3/h8H,5-7H2,1-4H3,(H,12,15)(H,13,14). The predicted molar refractivity (Wildman–Crippen MR) is 60.2 cm³/mol. The molecule has 1 amide bonds. The Morgan fingerprint density at radius 3 is 2.38 bits per heavy atom. The highest BCUT2D eigenvalue weighted by Gasteiger charge is 2.31. The summed E-state index contributed by atoms with van der Waals surface area (Å²) >= 11 is 0. The van der Waals surface area contributed by atoms with Crippen molar-refractivity contribution in [1.82, 2.24) is 5.32 Å². The number of nitrogens with one attached hydrogen (secondary N) is 1. The van der Waals surface area contributed by atoms with Gasteiger partial charge in [-0.25, -0.2) is 4.79 Å². The number of carboxylic acid groups (broad SMARTS) is 1. The minimum Gasteiger partial charge on any atom is -0.481 e. The van der Waals surface area contributed by atoms with Crippen LogP contribution in [0.25, 0.3) is 0 Å². The molecule has 0 radical (unpaired) electrons. The molecule has 5 nitrogen and oxygen atoms in total. The second-order valence-electron chi connectivity index (χ2n) is 4.57. The van der Waals surface area contributed by atoms with Crippen molar-refractivity contribution in [3.63, 3.8) is 0 Å². The Kier molecular flexibility index (Phi) is 5.85. The van der Waals surface area contributed by atoms with Crippen molar-refractivity contribution in [3.05, 3.63) is 0 Å². The summed E-state index contributed by atoms with van der Waals surface area (Å²) in [6, 6.07) is 0. The minimum atomic E-state index is -0.934. The molecule has 16 heavy (non-hydrogen) atoms. The highest BCUT2D eigenvalue weighted by molar-refractivity contribution is 5.75. The monoisotopic (exact) mass is 231 g/mol. The molecule has 5 heteroatoms. The van der Waals surface area contributed by atoms with Crippen molar-refractivity contribution in [2.75, 3.05) is 13.2 Å². The zero-order valence-corrected chi connectivity index (χ0v) is 10.4. The van der Waals surface area contributed by atoms with E-state index in [4.69, 9.17) is 9.84 Å². The lowest BCUT2D eigenvalue weighted by Gasteiger charge is -2.23. The average Bonchev–Trinajstić information content (AvgIpc) is 2.22. The van der Waals surface area contributed by atoms with E-state index < -0.39 is 17.5 Å². The van der Waals surface area contributed by atoms with Gasteiger partial charge in [-0.05, 0) is 19.3 Å². The fourth-order valence-corrected chi connectivity index (χ4v) is 0.912. The van der Waals surface area contributed by atoms with Gasteiger partial charge >= 0.3 is 12.1 Å². The Labute approximate surface area is 96.2 Å². The second-order valence-corrected chi connectivity index (χ2v) is 4.57. The van der Waals surface area contributed by atoms with E-state index >= 15 is 0 Å². The zero-order valence-electron chi connectivity index (χ0n) is 10.4. The smallest absolute Gasteiger partial charge is 0.407 e. The first-order valence-electron chi connectivity index (χ1n) is 5.46. The molecule has 0 aliphatic rings. The predicted octanol–water partition coefficient (Wildman–Crippen LogP) is 1.87. The van der Waals surface area contributed by atoms with Crippen LogP contribution in [0.2, 0.25) is 0 Å². The third-order valence-electron chi connectivity index (χ3n) is 2.47. The zero-order chi connectivity index (χ0) is 12.8. The number of hydrogen-bond acceptors (Lipinski definition) is 3. The number of ether oxygens (including phenoxy) is 1. The van der Waals surface area contributed by atoms with Gasteiger partial charge in [-0.15, -0.1) is 0 Å². The maximum atomic E-state index is 11.2. The first-order valence-corrected chi connectivity index (χ1v) is 5.46. The van der Waals surface area contributed by atoms with Gasteiger partial charge in [0.1, 0.15) is 0 Å². The summed E-state index contributed by atoms with van der Waals surface area (Å²) < 4.78 is 4.88. The molecule has 0 spiro atoms. The van der Waals surface area contributed by atoms with Crippen molar-refractivity contribution in [3.8, 4) is 0 Å². The van der Waals surface area contributed by atoms with Gasteiger partial charge in [0.05, 0.1) is 12.0 Å². The van der Waals surface area contributed by atoms with Crippen molar-refractivity contribution in [1.29, 1.82) is 0 Å². The lowest BCUT2D eigenvalue weighted by atomic mass is 9.88. The van der Waals surface area contributed by atoms with Crippen LogP contribution in [0.1, 0.15) is 34.1 Å². The minimum absolute atomic E-state index is 0.0791. The van der Waals surface area contributed by atoms with Gasteiger partial charge in [0.15, 0.2) is 0 Å². The van der Waals surface area contributed by atoms with Crippen LogP contribution in [0, 0.1) is 11.3 Å². The Bertz CT molecular complexity index is 252. The van der Waals surface area contributed by atoms with Crippen LogP contribution in [0.15, 0.2) is 0 Å². The van der Waals surface area contributed by atoms with E-state index in [1.165, 1.54) is 0 Å². The van der Waals surface area contributed by atoms with E-state index in [0.717, 1.165) is 0 Å². The third-order valence-corrected chi connectivity index (χ3v) is 2.47. The van der Waals surface area contributed by atoms with Crippen LogP contribution in [-0.4, -0.2) is 30.3 Å². The van der Waals surface area contributed by atoms with Crippen molar-refractivity contribution < 1.29 is 19.4 Å². The highest BCUT2D eigenvalue weighted by Crippen LogP contribution is 2.19. The van der Waals surface area contributed by atoms with Gasteiger partial charge in [0.25, 0.3) is 0 Å². The third kappa shape index (κ3) is 5.00. The maximum Gasteiger partial charge on any atom is 0.407 e. The number of carbonyl (C=O) groups is 2. The SMILES string of the molecule is CCC(C)(CNC(=O)OCC(C)C)C(=O)O. The van der Waals surface area contributed by atoms with Crippen molar-refractivity contribution in [2.24, 2.45) is 11.3 Å². The summed E-state index contributed by atoms with van der Waals surface area (Å²) in [6.45, 7) is 7.65. The Morgan fingerprint density at radius 2 is 2.00 bits per heavy atom. The Balaban J connectivity index is 4.03. The number of hydrogen-bond donors (Lipinski definition) is 2. The molecule has 0 aliphatic heterocycles. The molecule has 0 rings (SSSR count). The van der Waals surface area contributed by atoms with Crippen LogP contribution in [0.5, 0.6) is 0 Å². The molecule has 0 saturated heterocycles. The highest BCUT2D eigenvalue weighted by atomic mass is 16.5. The van der Waals surface area contributed by atoms with Gasteiger partial charge in [0, 0.05) is 6.54 Å². The quantitative estimate of drug-likeness (QED) is 0.731. The summed E-state index contributed by atoms with van der Waals surface area (Å²) in [4.78, 5) is 22.1. The van der Waals surface area contributed by atoms with E-state index in [0.29, 0.717) is 13.0 Å². The van der Waals surface area contributed by atoms with Crippen LogP contribution < -0.4 is 5.32 Å².